The second kappa shape index (κ2) is 4.45. The predicted octanol–water partition coefficient (Wildman–Crippen LogP) is 3.63. The molecule has 0 saturated carbocycles. The van der Waals surface area contributed by atoms with Crippen LogP contribution in [0.2, 0.25) is 0 Å². The number of benzene rings is 2. The monoisotopic (exact) mass is 227 g/mol. The number of aromatic nitrogens is 2. The lowest BCUT2D eigenvalue weighted by atomic mass is 10.0. The summed E-state index contributed by atoms with van der Waals surface area (Å²) < 4.78 is 0. The van der Waals surface area contributed by atoms with E-state index in [2.05, 4.69) is 35.1 Å². The predicted molar refractivity (Wildman–Crippen MR) is 74.1 cm³/mol. The molecule has 0 aliphatic rings. The van der Waals surface area contributed by atoms with Crippen molar-refractivity contribution in [1.82, 2.24) is 9.97 Å². The van der Waals surface area contributed by atoms with Gasteiger partial charge in [-0.25, -0.2) is 4.98 Å². The first-order valence-electron chi connectivity index (χ1n) is 5.89. The number of H-pyrrole nitrogens is 1. The van der Waals surface area contributed by atoms with Crippen LogP contribution in [0.25, 0.3) is 21.8 Å². The normalized spacial score (nSPS) is 10.3. The smallest absolute Gasteiger partial charge is 0.198 e. The number of hydrogen-bond acceptors (Lipinski definition) is 2. The van der Waals surface area contributed by atoms with E-state index in [1.54, 1.807) is 0 Å². The molecule has 3 heteroatoms. The molecule has 0 bridgehead atoms. The molecule has 0 spiro atoms. The number of anilines is 1. The van der Waals surface area contributed by atoms with Gasteiger partial charge in [-0.15, -0.1) is 0 Å². The molecule has 3 nitrogen and oxygen atoms in total. The number of rotatable bonds is 0. The van der Waals surface area contributed by atoms with Gasteiger partial charge < -0.3 is 10.7 Å². The molecule has 0 unspecified atom stereocenters. The van der Waals surface area contributed by atoms with Crippen LogP contribution in [0.4, 0.5) is 5.95 Å². The van der Waals surface area contributed by atoms with Crippen molar-refractivity contribution in [3.05, 3.63) is 35.9 Å². The average molecular weight is 227 g/mol. The number of aryl methyl sites for hydroxylation is 1. The van der Waals surface area contributed by atoms with E-state index in [0.717, 1.165) is 16.4 Å². The molecule has 0 aliphatic heterocycles. The quantitative estimate of drug-likeness (QED) is 0.616. The van der Waals surface area contributed by atoms with Gasteiger partial charge in [0.2, 0.25) is 0 Å². The molecule has 1 heterocycles. The summed E-state index contributed by atoms with van der Waals surface area (Å²) in [4.78, 5) is 7.34. The molecule has 3 rings (SSSR count). The van der Waals surface area contributed by atoms with E-state index in [-0.39, 0.29) is 0 Å². The Balaban J connectivity index is 0.000000514. The van der Waals surface area contributed by atoms with Crippen LogP contribution >= 0.6 is 0 Å². The average Bonchev–Trinajstić information content (AvgIpc) is 2.73. The summed E-state index contributed by atoms with van der Waals surface area (Å²) in [6.45, 7) is 6.10. The first-order valence-corrected chi connectivity index (χ1v) is 5.89. The lowest BCUT2D eigenvalue weighted by Gasteiger charge is -2.01. The van der Waals surface area contributed by atoms with Crippen molar-refractivity contribution in [1.29, 1.82) is 0 Å². The number of nitrogen functional groups attached to an aromatic ring is 1. The minimum absolute atomic E-state index is 0.471. The number of aromatic amines is 1. The van der Waals surface area contributed by atoms with E-state index in [1.807, 2.05) is 26.0 Å². The molecular formula is C14H17N3. The van der Waals surface area contributed by atoms with Gasteiger partial charge in [0.05, 0.1) is 11.0 Å². The summed E-state index contributed by atoms with van der Waals surface area (Å²) in [5.74, 6) is 0.471. The number of nitrogens with one attached hydrogen (secondary N) is 1. The van der Waals surface area contributed by atoms with Crippen molar-refractivity contribution in [2.24, 2.45) is 0 Å². The van der Waals surface area contributed by atoms with Crippen molar-refractivity contribution in [2.45, 2.75) is 20.8 Å². The third-order valence-electron chi connectivity index (χ3n) is 2.75. The summed E-state index contributed by atoms with van der Waals surface area (Å²) in [7, 11) is 0. The maximum atomic E-state index is 5.65. The molecular weight excluding hydrogens is 210 g/mol. The van der Waals surface area contributed by atoms with Crippen molar-refractivity contribution in [3.8, 4) is 0 Å². The van der Waals surface area contributed by atoms with E-state index in [4.69, 9.17) is 5.73 Å². The topological polar surface area (TPSA) is 54.7 Å². The van der Waals surface area contributed by atoms with Gasteiger partial charge in [0.25, 0.3) is 0 Å². The molecule has 3 N–H and O–H groups in total. The van der Waals surface area contributed by atoms with Crippen molar-refractivity contribution in [2.75, 3.05) is 5.73 Å². The number of hydrogen-bond donors (Lipinski definition) is 2. The first-order chi connectivity index (χ1) is 8.25. The standard InChI is InChI=1S/C12H11N3.C2H6/c1-7-3-2-4-9-8(7)5-6-10-11(9)15-12(13)14-10;1-2/h2-6H,1H3,(H3,13,14,15);1-2H3. The third kappa shape index (κ3) is 1.84. The summed E-state index contributed by atoms with van der Waals surface area (Å²) in [6, 6.07) is 10.3. The largest absolute Gasteiger partial charge is 0.369 e. The van der Waals surface area contributed by atoms with E-state index in [9.17, 15) is 0 Å². The molecule has 1 aromatic heterocycles. The highest BCUT2D eigenvalue weighted by atomic mass is 15.0. The molecule has 0 radical (unpaired) electrons. The molecule has 3 aromatic rings. The van der Waals surface area contributed by atoms with Crippen molar-refractivity contribution in [3.63, 3.8) is 0 Å². The van der Waals surface area contributed by atoms with Gasteiger partial charge in [0.1, 0.15) is 0 Å². The molecule has 0 aliphatic carbocycles. The Hall–Kier alpha value is -2.03. The highest BCUT2D eigenvalue weighted by Gasteiger charge is 2.05. The Morgan fingerprint density at radius 2 is 1.82 bits per heavy atom. The lowest BCUT2D eigenvalue weighted by molar-refractivity contribution is 1.36. The summed E-state index contributed by atoms with van der Waals surface area (Å²) in [5, 5.41) is 2.39. The number of fused-ring (bicyclic) bond motifs is 3. The molecule has 0 fully saturated rings. The van der Waals surface area contributed by atoms with Gasteiger partial charge in [0.15, 0.2) is 5.95 Å². The fourth-order valence-corrected chi connectivity index (χ4v) is 2.01. The number of imidazole rings is 1. The highest BCUT2D eigenvalue weighted by molar-refractivity contribution is 6.05. The highest BCUT2D eigenvalue weighted by Crippen LogP contribution is 2.26. The second-order valence-corrected chi connectivity index (χ2v) is 3.75. The van der Waals surface area contributed by atoms with Crippen LogP contribution in [0.1, 0.15) is 19.4 Å². The Morgan fingerprint density at radius 3 is 2.59 bits per heavy atom. The van der Waals surface area contributed by atoms with Crippen LogP contribution in [-0.2, 0) is 0 Å². The fourth-order valence-electron chi connectivity index (χ4n) is 2.01. The summed E-state index contributed by atoms with van der Waals surface area (Å²) in [6.07, 6.45) is 0. The minimum atomic E-state index is 0.471. The van der Waals surface area contributed by atoms with Gasteiger partial charge in [-0.2, -0.15) is 0 Å². The van der Waals surface area contributed by atoms with Gasteiger partial charge in [-0.1, -0.05) is 38.1 Å². The van der Waals surface area contributed by atoms with Gasteiger partial charge in [-0.3, -0.25) is 0 Å². The summed E-state index contributed by atoms with van der Waals surface area (Å²) in [5.41, 5.74) is 8.86. The zero-order valence-electron chi connectivity index (χ0n) is 10.4. The number of nitrogens with zero attached hydrogens (tertiary/aromatic N) is 1. The molecule has 0 saturated heterocycles. The lowest BCUT2D eigenvalue weighted by Crippen LogP contribution is -1.84. The second-order valence-electron chi connectivity index (χ2n) is 3.75. The SMILES string of the molecule is CC.Cc1cccc2c1ccc1[nH]c(N)nc12. The van der Waals surface area contributed by atoms with E-state index in [0.29, 0.717) is 5.95 Å². The van der Waals surface area contributed by atoms with Crippen LogP contribution in [-0.4, -0.2) is 9.97 Å². The molecule has 88 valence electrons. The van der Waals surface area contributed by atoms with Gasteiger partial charge in [-0.05, 0) is 23.9 Å². The first kappa shape index (κ1) is 11.5. The fraction of sp³-hybridized carbons (Fsp3) is 0.214. The molecule has 2 aromatic carbocycles. The van der Waals surface area contributed by atoms with Crippen LogP contribution in [0, 0.1) is 6.92 Å². The van der Waals surface area contributed by atoms with Crippen molar-refractivity contribution >= 4 is 27.8 Å². The maximum absolute atomic E-state index is 5.65. The zero-order valence-corrected chi connectivity index (χ0v) is 10.4. The number of nitrogens with two attached hydrogens (primary N) is 1. The maximum Gasteiger partial charge on any atom is 0.198 e. The van der Waals surface area contributed by atoms with Crippen LogP contribution in [0.15, 0.2) is 30.3 Å². The minimum Gasteiger partial charge on any atom is -0.369 e. The van der Waals surface area contributed by atoms with Crippen LogP contribution < -0.4 is 5.73 Å². The molecule has 0 atom stereocenters. The van der Waals surface area contributed by atoms with E-state index < -0.39 is 0 Å². The molecule has 0 amide bonds. The zero-order chi connectivity index (χ0) is 12.4. The van der Waals surface area contributed by atoms with Crippen LogP contribution in [0.5, 0.6) is 0 Å². The Morgan fingerprint density at radius 1 is 1.06 bits per heavy atom. The Bertz CT molecular complexity index is 653. The van der Waals surface area contributed by atoms with Crippen molar-refractivity contribution < 1.29 is 0 Å². The van der Waals surface area contributed by atoms with Gasteiger partial charge >= 0.3 is 0 Å². The Kier molecular flexibility index (Phi) is 3.00. The van der Waals surface area contributed by atoms with E-state index >= 15 is 0 Å². The van der Waals surface area contributed by atoms with Gasteiger partial charge in [0, 0.05) is 5.39 Å². The third-order valence-corrected chi connectivity index (χ3v) is 2.75. The summed E-state index contributed by atoms with van der Waals surface area (Å²) >= 11 is 0. The Labute approximate surface area is 101 Å². The van der Waals surface area contributed by atoms with E-state index in [1.165, 1.54) is 10.9 Å². The van der Waals surface area contributed by atoms with Crippen LogP contribution in [0.3, 0.4) is 0 Å². The molecule has 17 heavy (non-hydrogen) atoms.